The van der Waals surface area contributed by atoms with Crippen LogP contribution in [0.2, 0.25) is 0 Å². The second kappa shape index (κ2) is 5.06. The Morgan fingerprint density at radius 1 is 1.39 bits per heavy atom. The van der Waals surface area contributed by atoms with Crippen LogP contribution in [0.1, 0.15) is 24.2 Å². The van der Waals surface area contributed by atoms with Crippen LogP contribution in [0.15, 0.2) is 24.3 Å². The number of hydrogen-bond donors (Lipinski definition) is 1. The van der Waals surface area contributed by atoms with Gasteiger partial charge in [-0.1, -0.05) is 6.07 Å². The average molecular weight is 273 g/mol. The second-order valence-electron chi connectivity index (χ2n) is 4.72. The summed E-state index contributed by atoms with van der Waals surface area (Å²) in [5, 5.41) is 2.49. The van der Waals surface area contributed by atoms with Crippen molar-refractivity contribution < 1.29 is 17.6 Å². The van der Waals surface area contributed by atoms with E-state index < -0.39 is 26.3 Å². The van der Waals surface area contributed by atoms with E-state index in [1.54, 1.807) is 0 Å². The van der Waals surface area contributed by atoms with Crippen LogP contribution in [0.25, 0.3) is 0 Å². The van der Waals surface area contributed by atoms with Gasteiger partial charge in [-0.15, -0.1) is 0 Å². The van der Waals surface area contributed by atoms with Crippen LogP contribution in [-0.2, 0) is 9.84 Å². The number of nitrogens with one attached hydrogen (secondary N) is 1. The van der Waals surface area contributed by atoms with E-state index in [0.29, 0.717) is 0 Å². The van der Waals surface area contributed by atoms with Gasteiger partial charge >= 0.3 is 0 Å². The highest BCUT2D eigenvalue weighted by molar-refractivity contribution is 7.92. The van der Waals surface area contributed by atoms with Crippen LogP contribution < -0.4 is 5.32 Å². The summed E-state index contributed by atoms with van der Waals surface area (Å²) in [6, 6.07) is 5.22. The Morgan fingerprint density at radius 3 is 2.50 bits per heavy atom. The SMILES string of the molecule is CC(C)(CNC(=O)c1cccc(F)c1)S(C)(=O)=O. The van der Waals surface area contributed by atoms with Gasteiger partial charge in [-0.25, -0.2) is 12.8 Å². The van der Waals surface area contributed by atoms with Crippen molar-refractivity contribution in [3.8, 4) is 0 Å². The predicted molar refractivity (Wildman–Crippen MR) is 67.7 cm³/mol. The maximum Gasteiger partial charge on any atom is 0.251 e. The number of rotatable bonds is 4. The highest BCUT2D eigenvalue weighted by Gasteiger charge is 2.30. The van der Waals surface area contributed by atoms with Crippen molar-refractivity contribution in [3.63, 3.8) is 0 Å². The zero-order valence-corrected chi connectivity index (χ0v) is 11.3. The molecule has 1 aromatic rings. The van der Waals surface area contributed by atoms with Crippen LogP contribution in [0.5, 0.6) is 0 Å². The van der Waals surface area contributed by atoms with Crippen molar-refractivity contribution in [1.29, 1.82) is 0 Å². The maximum atomic E-state index is 12.9. The number of sulfone groups is 1. The summed E-state index contributed by atoms with van der Waals surface area (Å²) in [5.74, 6) is -1.00. The molecule has 1 aromatic carbocycles. The maximum absolute atomic E-state index is 12.9. The smallest absolute Gasteiger partial charge is 0.251 e. The molecule has 0 aliphatic heterocycles. The minimum Gasteiger partial charge on any atom is -0.350 e. The van der Waals surface area contributed by atoms with Gasteiger partial charge in [-0.3, -0.25) is 4.79 Å². The van der Waals surface area contributed by atoms with E-state index in [2.05, 4.69) is 5.32 Å². The molecular formula is C12H16FNO3S. The topological polar surface area (TPSA) is 63.2 Å². The number of benzene rings is 1. The molecule has 18 heavy (non-hydrogen) atoms. The summed E-state index contributed by atoms with van der Waals surface area (Å²) < 4.78 is 34.7. The molecule has 0 heterocycles. The lowest BCUT2D eigenvalue weighted by Crippen LogP contribution is -2.43. The Labute approximate surface area is 106 Å². The van der Waals surface area contributed by atoms with Gasteiger partial charge in [0.15, 0.2) is 9.84 Å². The number of hydrogen-bond acceptors (Lipinski definition) is 3. The molecule has 4 nitrogen and oxygen atoms in total. The van der Waals surface area contributed by atoms with Gasteiger partial charge in [0.25, 0.3) is 5.91 Å². The van der Waals surface area contributed by atoms with E-state index >= 15 is 0 Å². The lowest BCUT2D eigenvalue weighted by Gasteiger charge is -2.22. The number of carbonyl (C=O) groups excluding carboxylic acids is 1. The van der Waals surface area contributed by atoms with E-state index in [4.69, 9.17) is 0 Å². The number of halogens is 1. The molecule has 0 atom stereocenters. The van der Waals surface area contributed by atoms with Gasteiger partial charge in [0.1, 0.15) is 5.82 Å². The first-order valence-electron chi connectivity index (χ1n) is 5.37. The molecule has 0 radical (unpaired) electrons. The Bertz CT molecular complexity index is 552. The van der Waals surface area contributed by atoms with Crippen molar-refractivity contribution in [2.45, 2.75) is 18.6 Å². The zero-order chi connectivity index (χ0) is 14.0. The van der Waals surface area contributed by atoms with Crippen molar-refractivity contribution in [2.75, 3.05) is 12.8 Å². The fourth-order valence-corrected chi connectivity index (χ4v) is 1.49. The van der Waals surface area contributed by atoms with Crippen LogP contribution in [-0.4, -0.2) is 31.9 Å². The second-order valence-corrected chi connectivity index (χ2v) is 7.37. The summed E-state index contributed by atoms with van der Waals surface area (Å²) in [5.41, 5.74) is 0.166. The number of carbonyl (C=O) groups is 1. The quantitative estimate of drug-likeness (QED) is 0.901. The predicted octanol–water partition coefficient (Wildman–Crippen LogP) is 1.38. The van der Waals surface area contributed by atoms with Gasteiger partial charge in [0, 0.05) is 18.4 Å². The van der Waals surface area contributed by atoms with Crippen molar-refractivity contribution in [1.82, 2.24) is 5.32 Å². The van der Waals surface area contributed by atoms with Crippen molar-refractivity contribution in [3.05, 3.63) is 35.6 Å². The fraction of sp³-hybridized carbons (Fsp3) is 0.417. The number of amides is 1. The first-order chi connectivity index (χ1) is 8.13. The summed E-state index contributed by atoms with van der Waals surface area (Å²) >= 11 is 0. The van der Waals surface area contributed by atoms with Crippen LogP contribution in [0, 0.1) is 5.82 Å². The van der Waals surface area contributed by atoms with E-state index in [0.717, 1.165) is 12.3 Å². The monoisotopic (exact) mass is 273 g/mol. The van der Waals surface area contributed by atoms with E-state index in [9.17, 15) is 17.6 Å². The molecule has 0 bridgehead atoms. The Hall–Kier alpha value is -1.43. The van der Waals surface area contributed by atoms with Gasteiger partial charge < -0.3 is 5.32 Å². The first-order valence-corrected chi connectivity index (χ1v) is 7.26. The van der Waals surface area contributed by atoms with E-state index in [-0.39, 0.29) is 12.1 Å². The Morgan fingerprint density at radius 2 is 2.00 bits per heavy atom. The lowest BCUT2D eigenvalue weighted by molar-refractivity contribution is 0.0950. The summed E-state index contributed by atoms with van der Waals surface area (Å²) in [6.45, 7) is 3.02. The molecule has 1 amide bonds. The Balaban J connectivity index is 2.74. The van der Waals surface area contributed by atoms with Crippen molar-refractivity contribution in [2.24, 2.45) is 0 Å². The van der Waals surface area contributed by atoms with Gasteiger partial charge in [0.05, 0.1) is 4.75 Å². The molecule has 0 aliphatic carbocycles. The molecule has 0 fully saturated rings. The third-order valence-corrected chi connectivity index (χ3v) is 4.92. The molecule has 0 unspecified atom stereocenters. The highest BCUT2D eigenvalue weighted by Crippen LogP contribution is 2.13. The highest BCUT2D eigenvalue weighted by atomic mass is 32.2. The summed E-state index contributed by atoms with van der Waals surface area (Å²) in [4.78, 5) is 11.7. The van der Waals surface area contributed by atoms with Crippen LogP contribution in [0.4, 0.5) is 4.39 Å². The minimum atomic E-state index is -3.28. The molecule has 0 aromatic heterocycles. The van der Waals surface area contributed by atoms with E-state index in [1.807, 2.05) is 0 Å². The summed E-state index contributed by atoms with van der Waals surface area (Å²) in [6.07, 6.45) is 1.11. The fourth-order valence-electron chi connectivity index (χ4n) is 1.16. The largest absolute Gasteiger partial charge is 0.350 e. The third-order valence-electron chi connectivity index (χ3n) is 2.77. The minimum absolute atomic E-state index is 0.0266. The Kier molecular flexibility index (Phi) is 4.11. The molecule has 0 aliphatic rings. The molecule has 0 saturated carbocycles. The molecule has 0 spiro atoms. The normalized spacial score (nSPS) is 12.2. The van der Waals surface area contributed by atoms with Crippen LogP contribution >= 0.6 is 0 Å². The third kappa shape index (κ3) is 3.53. The molecule has 0 saturated heterocycles. The molecule has 1 rings (SSSR count). The zero-order valence-electron chi connectivity index (χ0n) is 10.5. The van der Waals surface area contributed by atoms with Gasteiger partial charge in [0.2, 0.25) is 0 Å². The lowest BCUT2D eigenvalue weighted by atomic mass is 10.1. The standard InChI is InChI=1S/C12H16FNO3S/c1-12(2,18(3,16)17)8-14-11(15)9-5-4-6-10(13)7-9/h4-7H,8H2,1-3H3,(H,14,15). The molecule has 100 valence electrons. The molecular weight excluding hydrogens is 257 g/mol. The van der Waals surface area contributed by atoms with Gasteiger partial charge in [-0.2, -0.15) is 0 Å². The van der Waals surface area contributed by atoms with Crippen LogP contribution in [0.3, 0.4) is 0 Å². The molecule has 6 heteroatoms. The first kappa shape index (κ1) is 14.6. The van der Waals surface area contributed by atoms with Gasteiger partial charge in [-0.05, 0) is 32.0 Å². The molecule has 1 N–H and O–H groups in total. The van der Waals surface area contributed by atoms with Crippen molar-refractivity contribution >= 4 is 15.7 Å². The average Bonchev–Trinajstić information content (AvgIpc) is 2.24. The van der Waals surface area contributed by atoms with E-state index in [1.165, 1.54) is 32.0 Å². The summed E-state index contributed by atoms with van der Waals surface area (Å²) in [7, 11) is -3.28.